The Balaban J connectivity index is 1.84. The molecule has 1 unspecified atom stereocenters. The molecule has 6 heteroatoms. The quantitative estimate of drug-likeness (QED) is 0.757. The first-order valence-corrected chi connectivity index (χ1v) is 8.50. The van der Waals surface area contributed by atoms with Crippen molar-refractivity contribution in [2.45, 2.75) is 39.3 Å². The van der Waals surface area contributed by atoms with Gasteiger partial charge in [0.25, 0.3) is 0 Å². The van der Waals surface area contributed by atoms with Crippen molar-refractivity contribution >= 4 is 17.5 Å². The number of ether oxygens (including phenoxy) is 1. The maximum absolute atomic E-state index is 13.1. The molecule has 0 spiro atoms. The first kappa shape index (κ1) is 19.4. The van der Waals surface area contributed by atoms with E-state index in [0.717, 1.165) is 5.56 Å². The van der Waals surface area contributed by atoms with Crippen LogP contribution in [0, 0.1) is 5.82 Å². The van der Waals surface area contributed by atoms with Crippen molar-refractivity contribution in [3.63, 3.8) is 0 Å². The molecule has 0 aromatic heterocycles. The summed E-state index contributed by atoms with van der Waals surface area (Å²) in [5.74, 6) is 0.00854. The minimum Gasteiger partial charge on any atom is -0.489 e. The topological polar surface area (TPSA) is 67.4 Å². The van der Waals surface area contributed by atoms with Crippen LogP contribution < -0.4 is 15.4 Å². The molecular weight excluding hydrogens is 335 g/mol. The monoisotopic (exact) mass is 358 g/mol. The second kappa shape index (κ2) is 9.56. The van der Waals surface area contributed by atoms with E-state index in [4.69, 9.17) is 4.74 Å². The fourth-order valence-corrected chi connectivity index (χ4v) is 2.45. The van der Waals surface area contributed by atoms with Crippen LogP contribution in [-0.4, -0.2) is 17.9 Å². The third-order valence-electron chi connectivity index (χ3n) is 3.76. The molecule has 2 amide bonds. The van der Waals surface area contributed by atoms with Crippen LogP contribution in [0.15, 0.2) is 48.5 Å². The molecule has 26 heavy (non-hydrogen) atoms. The second-order valence-corrected chi connectivity index (χ2v) is 6.00. The molecule has 0 fully saturated rings. The molecule has 0 heterocycles. The summed E-state index contributed by atoms with van der Waals surface area (Å²) in [4.78, 5) is 23.2. The number of nitrogens with one attached hydrogen (secondary N) is 2. The van der Waals surface area contributed by atoms with Gasteiger partial charge in [-0.3, -0.25) is 9.59 Å². The van der Waals surface area contributed by atoms with E-state index in [-0.39, 0.29) is 36.7 Å². The fraction of sp³-hybridized carbons (Fsp3) is 0.300. The molecule has 5 nitrogen and oxygen atoms in total. The van der Waals surface area contributed by atoms with Crippen molar-refractivity contribution in [2.24, 2.45) is 0 Å². The molecule has 2 aromatic rings. The standard InChI is InChI=1S/C20H23FN2O3/c1-3-17(22-14(2)24)12-20(25)23-18-7-9-19(10-8-18)26-13-15-5-4-6-16(21)11-15/h4-11,17H,3,12-13H2,1-2H3,(H,22,24)(H,23,25). The van der Waals surface area contributed by atoms with E-state index in [1.165, 1.54) is 19.1 Å². The minimum atomic E-state index is -0.297. The molecule has 0 aliphatic rings. The second-order valence-electron chi connectivity index (χ2n) is 6.00. The third kappa shape index (κ3) is 6.55. The maximum atomic E-state index is 13.1. The number of carbonyl (C=O) groups excluding carboxylic acids is 2. The lowest BCUT2D eigenvalue weighted by atomic mass is 10.1. The molecular formula is C20H23FN2O3. The SMILES string of the molecule is CCC(CC(=O)Nc1ccc(OCc2cccc(F)c2)cc1)NC(C)=O. The van der Waals surface area contributed by atoms with Gasteiger partial charge in [-0.05, 0) is 48.4 Å². The van der Waals surface area contributed by atoms with Gasteiger partial charge in [-0.15, -0.1) is 0 Å². The summed E-state index contributed by atoms with van der Waals surface area (Å²) in [6, 6.07) is 13.0. The number of anilines is 1. The van der Waals surface area contributed by atoms with E-state index >= 15 is 0 Å². The van der Waals surface area contributed by atoms with Crippen molar-refractivity contribution in [3.8, 4) is 5.75 Å². The Morgan fingerprint density at radius 2 is 1.88 bits per heavy atom. The first-order chi connectivity index (χ1) is 12.5. The van der Waals surface area contributed by atoms with E-state index < -0.39 is 0 Å². The smallest absolute Gasteiger partial charge is 0.226 e. The van der Waals surface area contributed by atoms with Gasteiger partial charge >= 0.3 is 0 Å². The number of carbonyl (C=O) groups is 2. The Morgan fingerprint density at radius 1 is 1.15 bits per heavy atom. The lowest BCUT2D eigenvalue weighted by Gasteiger charge is -2.15. The van der Waals surface area contributed by atoms with Crippen molar-refractivity contribution in [1.82, 2.24) is 5.32 Å². The molecule has 1 atom stereocenters. The number of hydrogen-bond donors (Lipinski definition) is 2. The molecule has 0 saturated heterocycles. The molecule has 0 aliphatic carbocycles. The average molecular weight is 358 g/mol. The van der Waals surface area contributed by atoms with Crippen molar-refractivity contribution in [1.29, 1.82) is 0 Å². The zero-order chi connectivity index (χ0) is 18.9. The highest BCUT2D eigenvalue weighted by Crippen LogP contribution is 2.18. The van der Waals surface area contributed by atoms with Gasteiger partial charge in [-0.1, -0.05) is 19.1 Å². The van der Waals surface area contributed by atoms with Gasteiger partial charge in [-0.2, -0.15) is 0 Å². The summed E-state index contributed by atoms with van der Waals surface area (Å²) >= 11 is 0. The lowest BCUT2D eigenvalue weighted by Crippen LogP contribution is -2.35. The van der Waals surface area contributed by atoms with E-state index in [1.807, 2.05) is 6.92 Å². The molecule has 138 valence electrons. The number of hydrogen-bond acceptors (Lipinski definition) is 3. The van der Waals surface area contributed by atoms with Gasteiger partial charge in [0.05, 0.1) is 0 Å². The summed E-state index contributed by atoms with van der Waals surface area (Å²) in [5.41, 5.74) is 1.39. The minimum absolute atomic E-state index is 0.149. The van der Waals surface area contributed by atoms with Gasteiger partial charge < -0.3 is 15.4 Å². The highest BCUT2D eigenvalue weighted by Gasteiger charge is 2.13. The predicted molar refractivity (Wildman–Crippen MR) is 98.3 cm³/mol. The van der Waals surface area contributed by atoms with E-state index in [1.54, 1.807) is 36.4 Å². The lowest BCUT2D eigenvalue weighted by molar-refractivity contribution is -0.120. The third-order valence-corrected chi connectivity index (χ3v) is 3.76. The number of halogens is 1. The summed E-state index contributed by atoms with van der Waals surface area (Å²) in [5, 5.41) is 5.54. The molecule has 0 aliphatic heterocycles. The molecule has 0 saturated carbocycles. The van der Waals surface area contributed by atoms with E-state index in [0.29, 0.717) is 17.9 Å². The Morgan fingerprint density at radius 3 is 2.50 bits per heavy atom. The van der Waals surface area contributed by atoms with Crippen LogP contribution >= 0.6 is 0 Å². The van der Waals surface area contributed by atoms with E-state index in [9.17, 15) is 14.0 Å². The van der Waals surface area contributed by atoms with Crippen LogP contribution in [0.1, 0.15) is 32.3 Å². The molecule has 2 aromatic carbocycles. The summed E-state index contributed by atoms with van der Waals surface area (Å²) in [6.45, 7) is 3.61. The Kier molecular flexibility index (Phi) is 7.14. The highest BCUT2D eigenvalue weighted by atomic mass is 19.1. The largest absolute Gasteiger partial charge is 0.489 e. The van der Waals surface area contributed by atoms with Crippen LogP contribution in [0.3, 0.4) is 0 Å². The van der Waals surface area contributed by atoms with Crippen LogP contribution in [0.5, 0.6) is 5.75 Å². The van der Waals surface area contributed by atoms with E-state index in [2.05, 4.69) is 10.6 Å². The first-order valence-electron chi connectivity index (χ1n) is 8.50. The van der Waals surface area contributed by atoms with Gasteiger partial charge in [0.15, 0.2) is 0 Å². The number of rotatable bonds is 8. The zero-order valence-electron chi connectivity index (χ0n) is 14.9. The van der Waals surface area contributed by atoms with Crippen molar-refractivity contribution in [3.05, 3.63) is 59.9 Å². The molecule has 2 N–H and O–H groups in total. The normalized spacial score (nSPS) is 11.5. The Labute approximate surface area is 152 Å². The van der Waals surface area contributed by atoms with Gasteiger partial charge in [0.1, 0.15) is 18.2 Å². The highest BCUT2D eigenvalue weighted by molar-refractivity contribution is 5.91. The van der Waals surface area contributed by atoms with Gasteiger partial charge in [0, 0.05) is 25.1 Å². The van der Waals surface area contributed by atoms with Crippen LogP contribution in [-0.2, 0) is 16.2 Å². The predicted octanol–water partition coefficient (Wildman–Crippen LogP) is 3.65. The van der Waals surface area contributed by atoms with Gasteiger partial charge in [-0.25, -0.2) is 4.39 Å². The summed E-state index contributed by atoms with van der Waals surface area (Å²) in [7, 11) is 0. The fourth-order valence-electron chi connectivity index (χ4n) is 2.45. The molecule has 0 bridgehead atoms. The number of amides is 2. The molecule has 2 rings (SSSR count). The van der Waals surface area contributed by atoms with Crippen molar-refractivity contribution < 1.29 is 18.7 Å². The van der Waals surface area contributed by atoms with Gasteiger partial charge in [0.2, 0.25) is 11.8 Å². The average Bonchev–Trinajstić information content (AvgIpc) is 2.60. The van der Waals surface area contributed by atoms with Crippen LogP contribution in [0.2, 0.25) is 0 Å². The maximum Gasteiger partial charge on any atom is 0.226 e. The zero-order valence-corrected chi connectivity index (χ0v) is 14.9. The Hall–Kier alpha value is -2.89. The van der Waals surface area contributed by atoms with Crippen LogP contribution in [0.4, 0.5) is 10.1 Å². The van der Waals surface area contributed by atoms with Crippen molar-refractivity contribution in [2.75, 3.05) is 5.32 Å². The number of benzene rings is 2. The summed E-state index contributed by atoms with van der Waals surface area (Å²) < 4.78 is 18.7. The van der Waals surface area contributed by atoms with Crippen LogP contribution in [0.25, 0.3) is 0 Å². The molecule has 0 radical (unpaired) electrons. The Bertz CT molecular complexity index is 747. The summed E-state index contributed by atoms with van der Waals surface area (Å²) in [6.07, 6.45) is 0.897.